The normalized spacial score (nSPS) is 10.2. The molecule has 1 N–H and O–H groups in total. The molecule has 1 heterocycles. The van der Waals surface area contributed by atoms with Crippen LogP contribution in [-0.4, -0.2) is 6.54 Å². The van der Waals surface area contributed by atoms with Crippen molar-refractivity contribution < 1.29 is 4.39 Å². The van der Waals surface area contributed by atoms with E-state index in [1.165, 1.54) is 11.6 Å². The molecule has 0 radical (unpaired) electrons. The highest BCUT2D eigenvalue weighted by molar-refractivity contribution is 7.07. The maximum Gasteiger partial charge on any atom is 0.145 e. The van der Waals surface area contributed by atoms with Crippen LogP contribution in [0.3, 0.4) is 0 Å². The first-order valence-electron chi connectivity index (χ1n) is 5.70. The van der Waals surface area contributed by atoms with Crippen molar-refractivity contribution in [3.8, 4) is 6.07 Å². The van der Waals surface area contributed by atoms with Crippen molar-refractivity contribution in [3.63, 3.8) is 0 Å². The highest BCUT2D eigenvalue weighted by Crippen LogP contribution is 2.12. The zero-order chi connectivity index (χ0) is 12.8. The average Bonchev–Trinajstić information content (AvgIpc) is 2.89. The molecule has 18 heavy (non-hydrogen) atoms. The Morgan fingerprint density at radius 3 is 2.94 bits per heavy atom. The van der Waals surface area contributed by atoms with Crippen LogP contribution in [0.1, 0.15) is 16.7 Å². The molecule has 0 bridgehead atoms. The predicted molar refractivity (Wildman–Crippen MR) is 70.8 cm³/mol. The summed E-state index contributed by atoms with van der Waals surface area (Å²) in [6.07, 6.45) is 0.934. The molecule has 92 valence electrons. The maximum atomic E-state index is 13.7. The van der Waals surface area contributed by atoms with E-state index < -0.39 is 5.82 Å². The molecular formula is C14H13FN2S. The number of nitrogens with one attached hydrogen (secondary N) is 1. The summed E-state index contributed by atoms with van der Waals surface area (Å²) >= 11 is 1.68. The summed E-state index contributed by atoms with van der Waals surface area (Å²) in [5.74, 6) is -0.414. The fourth-order valence-electron chi connectivity index (χ4n) is 1.69. The van der Waals surface area contributed by atoms with E-state index >= 15 is 0 Å². The van der Waals surface area contributed by atoms with E-state index in [9.17, 15) is 4.39 Å². The van der Waals surface area contributed by atoms with Crippen molar-refractivity contribution in [2.45, 2.75) is 13.0 Å². The Hall–Kier alpha value is -1.70. The Morgan fingerprint density at radius 2 is 2.22 bits per heavy atom. The zero-order valence-electron chi connectivity index (χ0n) is 9.82. The van der Waals surface area contributed by atoms with Gasteiger partial charge in [0.05, 0.1) is 5.56 Å². The zero-order valence-corrected chi connectivity index (χ0v) is 10.6. The van der Waals surface area contributed by atoms with Crippen molar-refractivity contribution in [1.82, 2.24) is 5.32 Å². The summed E-state index contributed by atoms with van der Waals surface area (Å²) in [4.78, 5) is 0. The minimum Gasteiger partial charge on any atom is -0.312 e. The van der Waals surface area contributed by atoms with E-state index in [1.807, 2.05) is 11.4 Å². The minimum atomic E-state index is -0.414. The molecule has 1 aromatic heterocycles. The maximum absolute atomic E-state index is 13.7. The van der Waals surface area contributed by atoms with E-state index in [1.54, 1.807) is 23.5 Å². The smallest absolute Gasteiger partial charge is 0.145 e. The molecule has 0 saturated carbocycles. The molecule has 0 saturated heterocycles. The lowest BCUT2D eigenvalue weighted by Crippen LogP contribution is -2.17. The number of rotatable bonds is 5. The third kappa shape index (κ3) is 3.16. The highest BCUT2D eigenvalue weighted by atomic mass is 32.1. The molecule has 4 heteroatoms. The first-order valence-corrected chi connectivity index (χ1v) is 6.65. The van der Waals surface area contributed by atoms with Crippen LogP contribution in [0.15, 0.2) is 35.0 Å². The number of benzene rings is 1. The molecule has 0 aliphatic rings. The molecular weight excluding hydrogens is 247 g/mol. The number of nitrogens with zero attached hydrogens (tertiary/aromatic N) is 1. The second kappa shape index (κ2) is 6.29. The van der Waals surface area contributed by atoms with Gasteiger partial charge < -0.3 is 5.32 Å². The van der Waals surface area contributed by atoms with Gasteiger partial charge in [-0.15, -0.1) is 0 Å². The van der Waals surface area contributed by atoms with Gasteiger partial charge in [-0.3, -0.25) is 0 Å². The van der Waals surface area contributed by atoms with Crippen LogP contribution in [0, 0.1) is 17.1 Å². The number of thiophene rings is 1. The second-order valence-electron chi connectivity index (χ2n) is 3.95. The molecule has 0 aliphatic carbocycles. The van der Waals surface area contributed by atoms with E-state index in [4.69, 9.17) is 5.26 Å². The molecule has 2 nitrogen and oxygen atoms in total. The van der Waals surface area contributed by atoms with Gasteiger partial charge in [0.2, 0.25) is 0 Å². The van der Waals surface area contributed by atoms with Crippen LogP contribution in [0.25, 0.3) is 0 Å². The van der Waals surface area contributed by atoms with Crippen LogP contribution in [0.5, 0.6) is 0 Å². The second-order valence-corrected chi connectivity index (χ2v) is 4.73. The summed E-state index contributed by atoms with van der Waals surface area (Å²) in [7, 11) is 0. The standard InChI is InChI=1S/C14H13FN2S/c15-14-12(8-16)2-1-3-13(14)9-17-6-4-11-5-7-18-10-11/h1-3,5,7,10,17H,4,6,9H2. The van der Waals surface area contributed by atoms with Gasteiger partial charge in [-0.25, -0.2) is 4.39 Å². The number of nitriles is 1. The lowest BCUT2D eigenvalue weighted by molar-refractivity contribution is 0.585. The van der Waals surface area contributed by atoms with Crippen molar-refractivity contribution in [3.05, 3.63) is 57.5 Å². The molecule has 2 aromatic rings. The van der Waals surface area contributed by atoms with E-state index in [-0.39, 0.29) is 5.56 Å². The van der Waals surface area contributed by atoms with Gasteiger partial charge in [-0.2, -0.15) is 16.6 Å². The quantitative estimate of drug-likeness (QED) is 0.839. The fourth-order valence-corrected chi connectivity index (χ4v) is 2.40. The van der Waals surface area contributed by atoms with Gasteiger partial charge in [-0.1, -0.05) is 12.1 Å². The van der Waals surface area contributed by atoms with Crippen molar-refractivity contribution in [1.29, 1.82) is 5.26 Å². The molecule has 0 fully saturated rings. The van der Waals surface area contributed by atoms with Gasteiger partial charge in [0, 0.05) is 12.1 Å². The molecule has 0 amide bonds. The Labute approximate surface area is 110 Å². The molecule has 2 rings (SSSR count). The summed E-state index contributed by atoms with van der Waals surface area (Å²) in [5.41, 5.74) is 1.94. The molecule has 0 spiro atoms. The van der Waals surface area contributed by atoms with Crippen molar-refractivity contribution in [2.75, 3.05) is 6.54 Å². The number of halogens is 1. The Kier molecular flexibility index (Phi) is 4.46. The van der Waals surface area contributed by atoms with E-state index in [0.29, 0.717) is 12.1 Å². The predicted octanol–water partition coefficient (Wildman–Crippen LogP) is 3.09. The molecule has 1 aromatic carbocycles. The molecule has 0 aliphatic heterocycles. The van der Waals surface area contributed by atoms with Crippen LogP contribution >= 0.6 is 11.3 Å². The Balaban J connectivity index is 1.85. The lowest BCUT2D eigenvalue weighted by Gasteiger charge is -2.06. The lowest BCUT2D eigenvalue weighted by atomic mass is 10.1. The van der Waals surface area contributed by atoms with Crippen LogP contribution in [0.2, 0.25) is 0 Å². The number of hydrogen-bond acceptors (Lipinski definition) is 3. The van der Waals surface area contributed by atoms with Crippen molar-refractivity contribution in [2.24, 2.45) is 0 Å². The average molecular weight is 260 g/mol. The summed E-state index contributed by atoms with van der Waals surface area (Å²) in [5, 5.41) is 16.1. The summed E-state index contributed by atoms with van der Waals surface area (Å²) in [6, 6.07) is 8.83. The van der Waals surface area contributed by atoms with Crippen LogP contribution in [0.4, 0.5) is 4.39 Å². The number of hydrogen-bond donors (Lipinski definition) is 1. The van der Waals surface area contributed by atoms with Gasteiger partial charge in [0.25, 0.3) is 0 Å². The minimum absolute atomic E-state index is 0.104. The third-order valence-corrected chi connectivity index (χ3v) is 3.42. The van der Waals surface area contributed by atoms with Crippen LogP contribution in [-0.2, 0) is 13.0 Å². The largest absolute Gasteiger partial charge is 0.312 e. The first-order chi connectivity index (χ1) is 8.81. The third-order valence-electron chi connectivity index (χ3n) is 2.69. The topological polar surface area (TPSA) is 35.8 Å². The summed E-state index contributed by atoms with van der Waals surface area (Å²) in [6.45, 7) is 1.25. The molecule has 0 atom stereocenters. The fraction of sp³-hybridized carbons (Fsp3) is 0.214. The van der Waals surface area contributed by atoms with E-state index in [0.717, 1.165) is 13.0 Å². The Morgan fingerprint density at radius 1 is 1.33 bits per heavy atom. The van der Waals surface area contributed by atoms with E-state index in [2.05, 4.69) is 16.8 Å². The SMILES string of the molecule is N#Cc1cccc(CNCCc2ccsc2)c1F. The monoisotopic (exact) mass is 260 g/mol. The summed E-state index contributed by atoms with van der Waals surface area (Å²) < 4.78 is 13.7. The van der Waals surface area contributed by atoms with Crippen LogP contribution < -0.4 is 5.32 Å². The molecule has 0 unspecified atom stereocenters. The van der Waals surface area contributed by atoms with Gasteiger partial charge in [-0.05, 0) is 41.4 Å². The van der Waals surface area contributed by atoms with Gasteiger partial charge in [0.1, 0.15) is 11.9 Å². The Bertz CT molecular complexity index is 543. The highest BCUT2D eigenvalue weighted by Gasteiger charge is 2.06. The van der Waals surface area contributed by atoms with Gasteiger partial charge >= 0.3 is 0 Å². The first kappa shape index (κ1) is 12.7. The van der Waals surface area contributed by atoms with Gasteiger partial charge in [0.15, 0.2) is 0 Å². The van der Waals surface area contributed by atoms with Crippen molar-refractivity contribution >= 4 is 11.3 Å².